The number of aromatic nitrogens is 4. The van der Waals surface area contributed by atoms with Gasteiger partial charge in [-0.3, -0.25) is 0 Å². The summed E-state index contributed by atoms with van der Waals surface area (Å²) < 4.78 is 0.780. The zero-order chi connectivity index (χ0) is 18.6. The zero-order valence-corrected chi connectivity index (χ0v) is 15.7. The molecule has 25 heavy (non-hydrogen) atoms. The van der Waals surface area contributed by atoms with Gasteiger partial charge in [-0.25, -0.2) is 14.7 Å². The highest BCUT2D eigenvalue weighted by atomic mass is 16.5. The van der Waals surface area contributed by atoms with Crippen LogP contribution >= 0.6 is 0 Å². The summed E-state index contributed by atoms with van der Waals surface area (Å²) in [6.45, 7) is 11.7. The molecule has 0 atom stereocenters. The van der Waals surface area contributed by atoms with Crippen LogP contribution in [0.25, 0.3) is 11.4 Å². The van der Waals surface area contributed by atoms with Gasteiger partial charge in [-0.1, -0.05) is 35.3 Å². The third-order valence-corrected chi connectivity index (χ3v) is 4.44. The summed E-state index contributed by atoms with van der Waals surface area (Å²) in [5.41, 5.74) is 6.98. The van der Waals surface area contributed by atoms with Crippen molar-refractivity contribution in [1.82, 2.24) is 15.0 Å². The first-order valence-electron chi connectivity index (χ1n) is 8.20. The van der Waals surface area contributed by atoms with Crippen LogP contribution in [-0.4, -0.2) is 15.0 Å². The minimum absolute atomic E-state index is 0.729. The Morgan fingerprint density at radius 2 is 1.32 bits per heavy atom. The molecule has 2 heterocycles. The van der Waals surface area contributed by atoms with Gasteiger partial charge in [-0.2, -0.15) is 0 Å². The van der Waals surface area contributed by atoms with Gasteiger partial charge >= 0.3 is 0 Å². The van der Waals surface area contributed by atoms with E-state index in [0.29, 0.717) is 0 Å². The van der Waals surface area contributed by atoms with Gasteiger partial charge in [0.1, 0.15) is 5.69 Å². The standard InChI is InChI=1S/C13H14N2.C7H10N2O/c1-9-10(2)14-13(15-11(9)3)12-7-5-4-6-8-12;1-5-6(2)8-4-9(10)7(5)3/h4-8H,1-3H3;4H,1-3H3. The van der Waals surface area contributed by atoms with Crippen molar-refractivity contribution in [3.8, 4) is 11.4 Å². The minimum atomic E-state index is 0.729. The van der Waals surface area contributed by atoms with E-state index in [0.717, 1.165) is 44.5 Å². The van der Waals surface area contributed by atoms with E-state index in [4.69, 9.17) is 0 Å². The summed E-state index contributed by atoms with van der Waals surface area (Å²) in [5, 5.41) is 10.8. The normalized spacial score (nSPS) is 10.2. The Morgan fingerprint density at radius 1 is 0.760 bits per heavy atom. The van der Waals surface area contributed by atoms with Gasteiger partial charge in [0.25, 0.3) is 6.33 Å². The summed E-state index contributed by atoms with van der Waals surface area (Å²) in [4.78, 5) is 12.9. The van der Waals surface area contributed by atoms with Crippen LogP contribution in [0.4, 0.5) is 0 Å². The van der Waals surface area contributed by atoms with E-state index in [-0.39, 0.29) is 0 Å². The highest BCUT2D eigenvalue weighted by molar-refractivity contribution is 5.55. The summed E-state index contributed by atoms with van der Waals surface area (Å²) in [5.74, 6) is 0.816. The molecule has 3 rings (SSSR count). The Hall–Kier alpha value is -2.82. The van der Waals surface area contributed by atoms with Gasteiger partial charge in [0, 0.05) is 29.4 Å². The van der Waals surface area contributed by atoms with Crippen molar-refractivity contribution < 1.29 is 4.73 Å². The van der Waals surface area contributed by atoms with E-state index < -0.39 is 0 Å². The number of hydrogen-bond acceptors (Lipinski definition) is 4. The van der Waals surface area contributed by atoms with Gasteiger partial charge in [0.15, 0.2) is 11.5 Å². The lowest BCUT2D eigenvalue weighted by Crippen LogP contribution is -2.31. The molecule has 0 bridgehead atoms. The molecule has 0 radical (unpaired) electrons. The van der Waals surface area contributed by atoms with Gasteiger partial charge in [0.05, 0.1) is 0 Å². The van der Waals surface area contributed by atoms with Gasteiger partial charge in [-0.15, -0.1) is 0 Å². The van der Waals surface area contributed by atoms with Crippen molar-refractivity contribution >= 4 is 0 Å². The number of hydrogen-bond donors (Lipinski definition) is 0. The SMILES string of the molecule is Cc1nc(-c2ccccc2)nc(C)c1C.Cc1nc[n+]([O-])c(C)c1C. The van der Waals surface area contributed by atoms with Crippen molar-refractivity contribution in [2.45, 2.75) is 41.5 Å². The van der Waals surface area contributed by atoms with Crippen molar-refractivity contribution in [3.63, 3.8) is 0 Å². The number of rotatable bonds is 1. The second-order valence-electron chi connectivity index (χ2n) is 6.08. The smallest absolute Gasteiger partial charge is 0.289 e. The molecule has 3 aromatic rings. The quantitative estimate of drug-likeness (QED) is 0.502. The third-order valence-electron chi connectivity index (χ3n) is 4.44. The lowest BCUT2D eigenvalue weighted by Gasteiger charge is -2.06. The fourth-order valence-corrected chi connectivity index (χ4v) is 2.24. The number of nitrogens with zero attached hydrogens (tertiary/aromatic N) is 4. The average molecular weight is 336 g/mol. The summed E-state index contributed by atoms with van der Waals surface area (Å²) >= 11 is 0. The highest BCUT2D eigenvalue weighted by Crippen LogP contribution is 2.17. The molecule has 0 amide bonds. The van der Waals surface area contributed by atoms with Crippen molar-refractivity contribution in [2.75, 3.05) is 0 Å². The molecule has 2 aromatic heterocycles. The molecule has 0 aliphatic carbocycles. The molecule has 0 saturated carbocycles. The largest absolute Gasteiger partial charge is 0.711 e. The molecule has 1 aromatic carbocycles. The van der Waals surface area contributed by atoms with Crippen LogP contribution in [0.15, 0.2) is 36.7 Å². The molecule has 5 nitrogen and oxygen atoms in total. The first kappa shape index (κ1) is 18.5. The predicted octanol–water partition coefficient (Wildman–Crippen LogP) is 3.71. The maximum atomic E-state index is 10.8. The Morgan fingerprint density at radius 3 is 1.84 bits per heavy atom. The molecule has 0 fully saturated rings. The van der Waals surface area contributed by atoms with E-state index >= 15 is 0 Å². The third kappa shape index (κ3) is 4.38. The molecule has 0 aliphatic heterocycles. The van der Waals surface area contributed by atoms with Crippen LogP contribution in [0.1, 0.15) is 33.9 Å². The van der Waals surface area contributed by atoms with Gasteiger partial charge < -0.3 is 5.21 Å². The topological polar surface area (TPSA) is 65.6 Å². The van der Waals surface area contributed by atoms with Crippen LogP contribution in [0.5, 0.6) is 0 Å². The fraction of sp³-hybridized carbons (Fsp3) is 0.300. The minimum Gasteiger partial charge on any atom is -0.711 e. The van der Waals surface area contributed by atoms with Crippen molar-refractivity contribution in [2.24, 2.45) is 0 Å². The van der Waals surface area contributed by atoms with E-state index in [9.17, 15) is 5.21 Å². The molecule has 0 unspecified atom stereocenters. The summed E-state index contributed by atoms with van der Waals surface area (Å²) in [6, 6.07) is 10.1. The van der Waals surface area contributed by atoms with Crippen molar-refractivity contribution in [3.05, 3.63) is 75.8 Å². The van der Waals surface area contributed by atoms with Crippen LogP contribution in [0, 0.1) is 46.7 Å². The molecule has 0 aliphatic rings. The van der Waals surface area contributed by atoms with Crippen LogP contribution in [-0.2, 0) is 0 Å². The Balaban J connectivity index is 0.000000196. The first-order chi connectivity index (χ1) is 11.8. The lowest BCUT2D eigenvalue weighted by molar-refractivity contribution is -0.616. The second-order valence-corrected chi connectivity index (χ2v) is 6.08. The van der Waals surface area contributed by atoms with Crippen LogP contribution < -0.4 is 4.73 Å². The van der Waals surface area contributed by atoms with Crippen LogP contribution in [0.3, 0.4) is 0 Å². The van der Waals surface area contributed by atoms with E-state index in [1.54, 1.807) is 6.92 Å². The lowest BCUT2D eigenvalue weighted by atomic mass is 10.1. The summed E-state index contributed by atoms with van der Waals surface area (Å²) in [6.07, 6.45) is 1.29. The Kier molecular flexibility index (Phi) is 5.80. The monoisotopic (exact) mass is 336 g/mol. The molecule has 0 saturated heterocycles. The Bertz CT molecular complexity index is 826. The average Bonchev–Trinajstić information content (AvgIpc) is 2.62. The maximum absolute atomic E-state index is 10.8. The molecule has 5 heteroatoms. The molecular formula is C20H24N4O. The Labute approximate surface area is 149 Å². The van der Waals surface area contributed by atoms with Crippen LogP contribution in [0.2, 0.25) is 0 Å². The van der Waals surface area contributed by atoms with Gasteiger partial charge in [-0.05, 0) is 40.2 Å². The number of benzene rings is 1. The first-order valence-corrected chi connectivity index (χ1v) is 8.20. The zero-order valence-electron chi connectivity index (χ0n) is 15.7. The van der Waals surface area contributed by atoms with Gasteiger partial charge in [0.2, 0.25) is 0 Å². The maximum Gasteiger partial charge on any atom is 0.289 e. The molecular weight excluding hydrogens is 312 g/mol. The molecule has 0 spiro atoms. The fourth-order valence-electron chi connectivity index (χ4n) is 2.24. The summed E-state index contributed by atoms with van der Waals surface area (Å²) in [7, 11) is 0. The van der Waals surface area contributed by atoms with E-state index in [1.165, 1.54) is 11.9 Å². The molecule has 0 N–H and O–H groups in total. The van der Waals surface area contributed by atoms with E-state index in [2.05, 4.69) is 21.9 Å². The van der Waals surface area contributed by atoms with Crippen molar-refractivity contribution in [1.29, 1.82) is 0 Å². The second kappa shape index (κ2) is 7.83. The number of aryl methyl sites for hydroxylation is 3. The van der Waals surface area contributed by atoms with E-state index in [1.807, 2.05) is 58.0 Å². The highest BCUT2D eigenvalue weighted by Gasteiger charge is 2.06. The molecule has 130 valence electrons. The predicted molar refractivity (Wildman–Crippen MR) is 99.1 cm³/mol.